The highest BCUT2D eigenvalue weighted by molar-refractivity contribution is 6.01. The first kappa shape index (κ1) is 24.9. The monoisotopic (exact) mass is 484 g/mol. The third kappa shape index (κ3) is 6.92. The number of rotatable bonds is 8. The molecule has 4 rings (SSSR count). The van der Waals surface area contributed by atoms with E-state index in [9.17, 15) is 19.8 Å². The number of carbonyl (C=O) groups is 2. The Morgan fingerprint density at radius 2 is 1.60 bits per heavy atom. The predicted molar refractivity (Wildman–Crippen MR) is 131 cm³/mol. The lowest BCUT2D eigenvalue weighted by Gasteiger charge is -2.29. The fraction of sp³-hybridized carbons (Fsp3) is 0.440. The molecule has 0 saturated carbocycles. The molecule has 2 amide bonds. The number of nitrogens with one attached hydrogen (secondary N) is 2. The highest BCUT2D eigenvalue weighted by Crippen LogP contribution is 2.20. The van der Waals surface area contributed by atoms with Crippen molar-refractivity contribution in [1.29, 1.82) is 0 Å². The molecule has 2 aliphatic heterocycles. The fourth-order valence-corrected chi connectivity index (χ4v) is 4.16. The molecule has 2 aromatic carbocycles. The number of anilines is 2. The van der Waals surface area contributed by atoms with Crippen molar-refractivity contribution >= 4 is 23.2 Å². The molecule has 1 atom stereocenters. The number of aromatic hydroxyl groups is 1. The number of phenols is 1. The molecule has 188 valence electrons. The summed E-state index contributed by atoms with van der Waals surface area (Å²) in [7, 11) is 0. The van der Waals surface area contributed by atoms with Crippen molar-refractivity contribution < 1.29 is 29.3 Å². The van der Waals surface area contributed by atoms with Gasteiger partial charge in [-0.2, -0.15) is 0 Å². The summed E-state index contributed by atoms with van der Waals surface area (Å²) in [5, 5.41) is 25.2. The van der Waals surface area contributed by atoms with Crippen molar-refractivity contribution in [3.8, 4) is 5.75 Å². The molecule has 10 heteroatoms. The van der Waals surface area contributed by atoms with Crippen LogP contribution in [0, 0.1) is 0 Å². The van der Waals surface area contributed by atoms with Crippen LogP contribution in [-0.2, 0) is 20.8 Å². The summed E-state index contributed by atoms with van der Waals surface area (Å²) in [5.41, 5.74) is 2.59. The summed E-state index contributed by atoms with van der Waals surface area (Å²) in [5.74, 6) is -1.12. The Morgan fingerprint density at radius 3 is 2.26 bits per heavy atom. The van der Waals surface area contributed by atoms with Crippen LogP contribution in [0.15, 0.2) is 42.5 Å². The molecule has 0 bridgehead atoms. The molecular weight excluding hydrogens is 452 g/mol. The molecule has 0 spiro atoms. The van der Waals surface area contributed by atoms with Crippen molar-refractivity contribution in [2.75, 3.05) is 69.4 Å². The minimum atomic E-state index is -1.15. The third-order valence-corrected chi connectivity index (χ3v) is 6.07. The van der Waals surface area contributed by atoms with Crippen LogP contribution >= 0.6 is 0 Å². The summed E-state index contributed by atoms with van der Waals surface area (Å²) < 4.78 is 10.7. The fourth-order valence-electron chi connectivity index (χ4n) is 4.16. The van der Waals surface area contributed by atoms with Gasteiger partial charge in [-0.1, -0.05) is 0 Å². The number of benzene rings is 2. The van der Waals surface area contributed by atoms with Crippen LogP contribution in [0.1, 0.15) is 15.9 Å². The Bertz CT molecular complexity index is 1000. The van der Waals surface area contributed by atoms with Gasteiger partial charge in [0, 0.05) is 49.7 Å². The topological polar surface area (TPSA) is 124 Å². The van der Waals surface area contributed by atoms with E-state index < -0.39 is 24.5 Å². The molecule has 4 N–H and O–H groups in total. The third-order valence-electron chi connectivity index (χ3n) is 6.07. The number of carbonyl (C=O) groups excluding carboxylic acids is 2. The van der Waals surface area contributed by atoms with E-state index in [2.05, 4.69) is 20.4 Å². The predicted octanol–water partition coefficient (Wildman–Crippen LogP) is 0.790. The molecule has 35 heavy (non-hydrogen) atoms. The molecule has 2 aliphatic rings. The number of aliphatic hydroxyl groups excluding tert-OH is 1. The number of ether oxygens (including phenoxy) is 2. The quantitative estimate of drug-likeness (QED) is 0.434. The summed E-state index contributed by atoms with van der Waals surface area (Å²) in [6.07, 6.45) is 0. The van der Waals surface area contributed by atoms with Gasteiger partial charge < -0.3 is 35.2 Å². The van der Waals surface area contributed by atoms with Crippen molar-refractivity contribution in [1.82, 2.24) is 10.2 Å². The minimum absolute atomic E-state index is 0.0359. The molecule has 10 nitrogen and oxygen atoms in total. The van der Waals surface area contributed by atoms with Gasteiger partial charge >= 0.3 is 0 Å². The molecule has 1 unspecified atom stereocenters. The van der Waals surface area contributed by atoms with Gasteiger partial charge in [0.2, 0.25) is 5.91 Å². The average molecular weight is 485 g/mol. The number of nitrogens with zero attached hydrogens (tertiary/aromatic N) is 2. The molecule has 0 radical (unpaired) electrons. The summed E-state index contributed by atoms with van der Waals surface area (Å²) in [4.78, 5) is 29.9. The van der Waals surface area contributed by atoms with Gasteiger partial charge in [-0.05, 0) is 48.0 Å². The van der Waals surface area contributed by atoms with Crippen LogP contribution in [-0.4, -0.2) is 92.2 Å². The van der Waals surface area contributed by atoms with Gasteiger partial charge in [0.15, 0.2) is 0 Å². The average Bonchev–Trinajstić information content (AvgIpc) is 2.88. The highest BCUT2D eigenvalue weighted by Gasteiger charge is 2.22. The van der Waals surface area contributed by atoms with Gasteiger partial charge in [0.05, 0.1) is 33.0 Å². The Kier molecular flexibility index (Phi) is 8.54. The van der Waals surface area contributed by atoms with E-state index in [1.807, 2.05) is 12.1 Å². The highest BCUT2D eigenvalue weighted by atomic mass is 16.5. The van der Waals surface area contributed by atoms with Crippen LogP contribution in [0.5, 0.6) is 5.75 Å². The van der Waals surface area contributed by atoms with Crippen molar-refractivity contribution in [2.24, 2.45) is 0 Å². The second-order valence-electron chi connectivity index (χ2n) is 8.62. The molecule has 0 aromatic heterocycles. The van der Waals surface area contributed by atoms with E-state index >= 15 is 0 Å². The van der Waals surface area contributed by atoms with Gasteiger partial charge in [-0.25, -0.2) is 0 Å². The molecule has 0 aliphatic carbocycles. The van der Waals surface area contributed by atoms with E-state index in [0.717, 1.165) is 37.4 Å². The summed E-state index contributed by atoms with van der Waals surface area (Å²) in [6.45, 7) is 5.85. The second kappa shape index (κ2) is 12.0. The largest absolute Gasteiger partial charge is 0.508 e. The Labute approximate surface area is 204 Å². The van der Waals surface area contributed by atoms with Crippen LogP contribution < -0.4 is 15.5 Å². The number of hydrogen-bond donors (Lipinski definition) is 4. The molecular formula is C25H32N4O6. The standard InChI is InChI=1S/C25H32N4O6/c30-17-23(25(33)26-20-1-3-21(4-2-20)29-7-11-35-12-8-29)27-24(32)19-13-18(14-22(31)15-19)16-28-5-9-34-10-6-28/h1-4,13-15,23,30-31H,5-12,16-17H2,(H,26,33)(H,27,32). The zero-order chi connectivity index (χ0) is 24.6. The van der Waals surface area contributed by atoms with E-state index in [1.54, 1.807) is 24.3 Å². The zero-order valence-electron chi connectivity index (χ0n) is 19.6. The van der Waals surface area contributed by atoms with E-state index in [0.29, 0.717) is 38.7 Å². The van der Waals surface area contributed by atoms with Gasteiger partial charge in [0.25, 0.3) is 5.91 Å². The van der Waals surface area contributed by atoms with Gasteiger partial charge in [-0.3, -0.25) is 14.5 Å². The van der Waals surface area contributed by atoms with Crippen LogP contribution in [0.25, 0.3) is 0 Å². The lowest BCUT2D eigenvalue weighted by Crippen LogP contribution is -2.46. The minimum Gasteiger partial charge on any atom is -0.508 e. The van der Waals surface area contributed by atoms with Crippen LogP contribution in [0.3, 0.4) is 0 Å². The summed E-state index contributed by atoms with van der Waals surface area (Å²) >= 11 is 0. The number of hydrogen-bond acceptors (Lipinski definition) is 8. The second-order valence-corrected chi connectivity index (χ2v) is 8.62. The Balaban J connectivity index is 1.35. The van der Waals surface area contributed by atoms with Crippen LogP contribution in [0.2, 0.25) is 0 Å². The van der Waals surface area contributed by atoms with Crippen LogP contribution in [0.4, 0.5) is 11.4 Å². The number of aliphatic hydroxyl groups is 1. The van der Waals surface area contributed by atoms with Crippen molar-refractivity contribution in [2.45, 2.75) is 12.6 Å². The van der Waals surface area contributed by atoms with E-state index in [4.69, 9.17) is 9.47 Å². The first-order valence-corrected chi connectivity index (χ1v) is 11.8. The first-order valence-electron chi connectivity index (χ1n) is 11.8. The number of amides is 2. The molecule has 2 aromatic rings. The summed E-state index contributed by atoms with van der Waals surface area (Å²) in [6, 6.07) is 10.9. The lowest BCUT2D eigenvalue weighted by atomic mass is 10.1. The first-order chi connectivity index (χ1) is 17.0. The normalized spacial score (nSPS) is 17.6. The maximum atomic E-state index is 12.8. The molecule has 2 heterocycles. The van der Waals surface area contributed by atoms with Crippen molar-refractivity contribution in [3.63, 3.8) is 0 Å². The van der Waals surface area contributed by atoms with Crippen molar-refractivity contribution in [3.05, 3.63) is 53.6 Å². The molecule has 2 saturated heterocycles. The zero-order valence-corrected chi connectivity index (χ0v) is 19.6. The van der Waals surface area contributed by atoms with Gasteiger partial charge in [0.1, 0.15) is 11.8 Å². The Hall–Kier alpha value is -3.18. The molecule has 2 fully saturated rings. The number of phenolic OH excluding ortho intramolecular Hbond substituents is 1. The lowest BCUT2D eigenvalue weighted by molar-refractivity contribution is -0.118. The van der Waals surface area contributed by atoms with E-state index in [1.165, 1.54) is 6.07 Å². The van der Waals surface area contributed by atoms with Gasteiger partial charge in [-0.15, -0.1) is 0 Å². The maximum Gasteiger partial charge on any atom is 0.252 e. The smallest absolute Gasteiger partial charge is 0.252 e. The van der Waals surface area contributed by atoms with E-state index in [-0.39, 0.29) is 11.3 Å². The SMILES string of the molecule is O=C(NC(CO)C(=O)Nc1ccc(N2CCOCC2)cc1)c1cc(O)cc(CN2CCOCC2)c1. The number of morpholine rings is 2. The Morgan fingerprint density at radius 1 is 0.943 bits per heavy atom. The maximum absolute atomic E-state index is 12.8.